The molecule has 0 spiro atoms. The Balaban J connectivity index is 2.31. The van der Waals surface area contributed by atoms with E-state index in [1.54, 1.807) is 0 Å². The minimum Gasteiger partial charge on any atom is -0.113 e. The first-order chi connectivity index (χ1) is 8.61. The molecule has 94 valence electrons. The van der Waals surface area contributed by atoms with Gasteiger partial charge in [0.2, 0.25) is 0 Å². The van der Waals surface area contributed by atoms with Gasteiger partial charge in [-0.3, -0.25) is 0 Å². The first-order valence-electron chi connectivity index (χ1n) is 6.10. The van der Waals surface area contributed by atoms with E-state index in [1.807, 2.05) is 0 Å². The van der Waals surface area contributed by atoms with Crippen LogP contribution in [0.2, 0.25) is 0 Å². The molecule has 0 aliphatic rings. The molecule has 0 heterocycles. The molecule has 0 radical (unpaired) electrons. The molecule has 0 N–H and O–H groups in total. The van der Waals surface area contributed by atoms with Crippen molar-refractivity contribution in [2.24, 2.45) is 0 Å². The first kappa shape index (κ1) is 13.6. The van der Waals surface area contributed by atoms with Crippen molar-refractivity contribution < 1.29 is 0 Å². The lowest BCUT2D eigenvalue weighted by Gasteiger charge is -2.13. The smallest absolute Gasteiger partial charge is 0.0846 e. The largest absolute Gasteiger partial charge is 0.113 e. The minimum atomic E-state index is -0.106. The third kappa shape index (κ3) is 2.96. The Hall–Kier alpha value is -0.790. The fraction of sp³-hybridized carbons (Fsp3) is 0.250. The van der Waals surface area contributed by atoms with E-state index in [4.69, 9.17) is 11.6 Å². The molecule has 0 bridgehead atoms. The quantitative estimate of drug-likeness (QED) is 0.640. The topological polar surface area (TPSA) is 0 Å². The predicted octanol–water partition coefficient (Wildman–Crippen LogP) is 5.65. The van der Waals surface area contributed by atoms with Gasteiger partial charge in [-0.25, -0.2) is 0 Å². The lowest BCUT2D eigenvalue weighted by atomic mass is 10.0. The standard InChI is InChI=1S/C16H16BrCl/c1-3-12-5-7-13(8-6-12)16(18)14-9-4-11(2)10-15(14)17/h4-10,16H,3H2,1-2H3. The van der Waals surface area contributed by atoms with Gasteiger partial charge in [-0.15, -0.1) is 11.6 Å². The Morgan fingerprint density at radius 3 is 2.33 bits per heavy atom. The highest BCUT2D eigenvalue weighted by Gasteiger charge is 2.13. The van der Waals surface area contributed by atoms with Gasteiger partial charge in [-0.1, -0.05) is 59.3 Å². The average molecular weight is 324 g/mol. The zero-order chi connectivity index (χ0) is 13.1. The van der Waals surface area contributed by atoms with Gasteiger partial charge >= 0.3 is 0 Å². The minimum absolute atomic E-state index is 0.106. The van der Waals surface area contributed by atoms with Gasteiger partial charge in [0, 0.05) is 4.47 Å². The van der Waals surface area contributed by atoms with Crippen LogP contribution in [0.4, 0.5) is 0 Å². The van der Waals surface area contributed by atoms with Crippen LogP contribution in [0.25, 0.3) is 0 Å². The summed E-state index contributed by atoms with van der Waals surface area (Å²) in [4.78, 5) is 0. The van der Waals surface area contributed by atoms with E-state index in [-0.39, 0.29) is 5.38 Å². The molecule has 2 aromatic carbocycles. The summed E-state index contributed by atoms with van der Waals surface area (Å²) < 4.78 is 1.07. The van der Waals surface area contributed by atoms with Crippen LogP contribution in [0.1, 0.15) is 34.6 Å². The normalized spacial score (nSPS) is 12.4. The van der Waals surface area contributed by atoms with E-state index in [0.29, 0.717) is 0 Å². The number of hydrogen-bond acceptors (Lipinski definition) is 0. The average Bonchev–Trinajstić information content (AvgIpc) is 2.38. The highest BCUT2D eigenvalue weighted by atomic mass is 79.9. The van der Waals surface area contributed by atoms with Gasteiger partial charge in [0.1, 0.15) is 0 Å². The van der Waals surface area contributed by atoms with Crippen LogP contribution in [0.3, 0.4) is 0 Å². The third-order valence-corrected chi connectivity index (χ3v) is 4.28. The number of halogens is 2. The van der Waals surface area contributed by atoms with Crippen molar-refractivity contribution in [3.8, 4) is 0 Å². The van der Waals surface area contributed by atoms with Crippen LogP contribution in [0.5, 0.6) is 0 Å². The lowest BCUT2D eigenvalue weighted by molar-refractivity contribution is 1.09. The Labute approximate surface area is 122 Å². The third-order valence-electron chi connectivity index (χ3n) is 3.11. The summed E-state index contributed by atoms with van der Waals surface area (Å²) >= 11 is 10.1. The molecule has 2 heteroatoms. The van der Waals surface area contributed by atoms with Crippen LogP contribution in [-0.2, 0) is 6.42 Å². The van der Waals surface area contributed by atoms with Crippen LogP contribution in [0.15, 0.2) is 46.9 Å². The van der Waals surface area contributed by atoms with Crippen LogP contribution in [-0.4, -0.2) is 0 Å². The Bertz CT molecular complexity index is 531. The summed E-state index contributed by atoms with van der Waals surface area (Å²) in [5.74, 6) is 0. The molecule has 0 fully saturated rings. The maximum absolute atomic E-state index is 6.55. The van der Waals surface area contributed by atoms with E-state index in [2.05, 4.69) is 72.2 Å². The summed E-state index contributed by atoms with van der Waals surface area (Å²) in [5.41, 5.74) is 4.83. The number of hydrogen-bond donors (Lipinski definition) is 0. The number of alkyl halides is 1. The van der Waals surface area contributed by atoms with E-state index in [0.717, 1.165) is 22.0 Å². The molecular formula is C16H16BrCl. The van der Waals surface area contributed by atoms with E-state index in [9.17, 15) is 0 Å². The van der Waals surface area contributed by atoms with Crippen molar-refractivity contribution in [1.82, 2.24) is 0 Å². The fourth-order valence-corrected chi connectivity index (χ4v) is 3.13. The molecule has 0 aliphatic heterocycles. The van der Waals surface area contributed by atoms with Gasteiger partial charge in [0.15, 0.2) is 0 Å². The SMILES string of the molecule is CCc1ccc(C(Cl)c2ccc(C)cc2Br)cc1. The molecule has 0 aromatic heterocycles. The Kier molecular flexibility index (Phi) is 4.47. The van der Waals surface area contributed by atoms with Gasteiger partial charge in [0.25, 0.3) is 0 Å². The van der Waals surface area contributed by atoms with E-state index in [1.165, 1.54) is 11.1 Å². The molecule has 2 rings (SSSR count). The first-order valence-corrected chi connectivity index (χ1v) is 7.33. The van der Waals surface area contributed by atoms with Crippen LogP contribution in [0, 0.1) is 6.92 Å². The zero-order valence-electron chi connectivity index (χ0n) is 10.6. The monoisotopic (exact) mass is 322 g/mol. The van der Waals surface area contributed by atoms with Crippen LogP contribution >= 0.6 is 27.5 Å². The molecule has 1 unspecified atom stereocenters. The van der Waals surface area contributed by atoms with Crippen molar-refractivity contribution in [3.63, 3.8) is 0 Å². The van der Waals surface area contributed by atoms with Crippen molar-refractivity contribution in [2.75, 3.05) is 0 Å². The molecule has 0 saturated heterocycles. The molecule has 2 aromatic rings. The Morgan fingerprint density at radius 2 is 1.78 bits per heavy atom. The second kappa shape index (κ2) is 5.90. The van der Waals surface area contributed by atoms with Crippen LogP contribution < -0.4 is 0 Å². The molecule has 0 amide bonds. The van der Waals surface area contributed by atoms with Gasteiger partial charge in [0.05, 0.1) is 5.38 Å². The second-order valence-corrected chi connectivity index (χ2v) is 5.77. The maximum Gasteiger partial charge on any atom is 0.0846 e. The second-order valence-electron chi connectivity index (χ2n) is 4.48. The van der Waals surface area contributed by atoms with Gasteiger partial charge in [-0.05, 0) is 41.7 Å². The molecule has 0 nitrogen and oxygen atoms in total. The maximum atomic E-state index is 6.55. The van der Waals surface area contributed by atoms with Crippen molar-refractivity contribution >= 4 is 27.5 Å². The van der Waals surface area contributed by atoms with Gasteiger partial charge in [-0.2, -0.15) is 0 Å². The van der Waals surface area contributed by atoms with Crippen molar-refractivity contribution in [2.45, 2.75) is 25.6 Å². The van der Waals surface area contributed by atoms with E-state index >= 15 is 0 Å². The summed E-state index contributed by atoms with van der Waals surface area (Å²) in [7, 11) is 0. The fourth-order valence-electron chi connectivity index (χ4n) is 1.94. The molecule has 1 atom stereocenters. The summed E-state index contributed by atoms with van der Waals surface area (Å²) in [6.07, 6.45) is 1.06. The lowest BCUT2D eigenvalue weighted by Crippen LogP contribution is -1.95. The molecular weight excluding hydrogens is 308 g/mol. The molecule has 18 heavy (non-hydrogen) atoms. The summed E-state index contributed by atoms with van der Waals surface area (Å²) in [6, 6.07) is 14.8. The highest BCUT2D eigenvalue weighted by molar-refractivity contribution is 9.10. The van der Waals surface area contributed by atoms with Gasteiger partial charge < -0.3 is 0 Å². The number of aryl methyl sites for hydroxylation is 2. The molecule has 0 aliphatic carbocycles. The molecule has 0 saturated carbocycles. The van der Waals surface area contributed by atoms with Crippen molar-refractivity contribution in [3.05, 3.63) is 69.2 Å². The van der Waals surface area contributed by atoms with Crippen molar-refractivity contribution in [1.29, 1.82) is 0 Å². The Morgan fingerprint density at radius 1 is 1.11 bits per heavy atom. The summed E-state index contributed by atoms with van der Waals surface area (Å²) in [5, 5.41) is -0.106. The summed E-state index contributed by atoms with van der Waals surface area (Å²) in [6.45, 7) is 4.23. The number of rotatable bonds is 3. The van der Waals surface area contributed by atoms with E-state index < -0.39 is 0 Å². The number of benzene rings is 2. The predicted molar refractivity (Wildman–Crippen MR) is 82.4 cm³/mol. The highest BCUT2D eigenvalue weighted by Crippen LogP contribution is 2.34. The zero-order valence-corrected chi connectivity index (χ0v) is 12.9.